The number of aryl methyl sites for hydroxylation is 2. The minimum absolute atomic E-state index is 0.320. The standard InChI is InChI=1S/C12H17NO3/c1-8(12(14)15)4-5-10-6-9(2)13-11(7-10)16-3/h6-8H,4-5H2,1-3H3,(H,14,15). The fourth-order valence-electron chi connectivity index (χ4n) is 1.46. The van der Waals surface area contributed by atoms with Gasteiger partial charge in [0.2, 0.25) is 5.88 Å². The van der Waals surface area contributed by atoms with E-state index in [9.17, 15) is 4.79 Å². The van der Waals surface area contributed by atoms with Crippen LogP contribution in [0.25, 0.3) is 0 Å². The number of pyridine rings is 1. The fourth-order valence-corrected chi connectivity index (χ4v) is 1.46. The lowest BCUT2D eigenvalue weighted by molar-refractivity contribution is -0.141. The molecule has 1 aromatic heterocycles. The van der Waals surface area contributed by atoms with Crippen molar-refractivity contribution < 1.29 is 14.6 Å². The van der Waals surface area contributed by atoms with Gasteiger partial charge in [-0.15, -0.1) is 0 Å². The molecule has 1 unspecified atom stereocenters. The maximum absolute atomic E-state index is 10.7. The normalized spacial score (nSPS) is 12.2. The van der Waals surface area contributed by atoms with E-state index in [0.29, 0.717) is 12.3 Å². The molecule has 1 N–H and O–H groups in total. The number of carbonyl (C=O) groups is 1. The van der Waals surface area contributed by atoms with Gasteiger partial charge in [-0.25, -0.2) is 4.98 Å². The lowest BCUT2D eigenvalue weighted by Crippen LogP contribution is -2.10. The molecule has 88 valence electrons. The van der Waals surface area contributed by atoms with Gasteiger partial charge in [0, 0.05) is 11.8 Å². The maximum atomic E-state index is 10.7. The predicted molar refractivity (Wildman–Crippen MR) is 60.6 cm³/mol. The summed E-state index contributed by atoms with van der Waals surface area (Å²) in [5.41, 5.74) is 1.95. The van der Waals surface area contributed by atoms with E-state index in [-0.39, 0.29) is 5.92 Å². The van der Waals surface area contributed by atoms with Gasteiger partial charge in [-0.1, -0.05) is 6.92 Å². The minimum atomic E-state index is -0.752. The van der Waals surface area contributed by atoms with Crippen LogP contribution in [0.15, 0.2) is 12.1 Å². The molecule has 0 radical (unpaired) electrons. The largest absolute Gasteiger partial charge is 0.481 e. The first kappa shape index (κ1) is 12.5. The highest BCUT2D eigenvalue weighted by Gasteiger charge is 2.11. The van der Waals surface area contributed by atoms with Crippen LogP contribution in [0.1, 0.15) is 24.6 Å². The second kappa shape index (κ2) is 5.49. The van der Waals surface area contributed by atoms with Crippen LogP contribution in [0.2, 0.25) is 0 Å². The highest BCUT2D eigenvalue weighted by Crippen LogP contribution is 2.15. The van der Waals surface area contributed by atoms with E-state index in [1.165, 1.54) is 0 Å². The predicted octanol–water partition coefficient (Wildman–Crippen LogP) is 2.05. The molecule has 0 fully saturated rings. The highest BCUT2D eigenvalue weighted by molar-refractivity contribution is 5.69. The van der Waals surface area contributed by atoms with Crippen molar-refractivity contribution in [2.24, 2.45) is 5.92 Å². The monoisotopic (exact) mass is 223 g/mol. The van der Waals surface area contributed by atoms with Gasteiger partial charge in [-0.3, -0.25) is 4.79 Å². The van der Waals surface area contributed by atoms with Gasteiger partial charge < -0.3 is 9.84 Å². The van der Waals surface area contributed by atoms with Crippen molar-refractivity contribution in [1.82, 2.24) is 4.98 Å². The zero-order valence-electron chi connectivity index (χ0n) is 9.86. The van der Waals surface area contributed by atoms with Crippen LogP contribution in [0.4, 0.5) is 0 Å². The molecule has 1 atom stereocenters. The zero-order valence-corrected chi connectivity index (χ0v) is 9.86. The Morgan fingerprint density at radius 2 is 2.25 bits per heavy atom. The zero-order chi connectivity index (χ0) is 12.1. The molecule has 0 saturated heterocycles. The molecule has 4 nitrogen and oxygen atoms in total. The first-order valence-electron chi connectivity index (χ1n) is 5.27. The van der Waals surface area contributed by atoms with Crippen LogP contribution in [0, 0.1) is 12.8 Å². The molecule has 0 bridgehead atoms. The molecule has 4 heteroatoms. The Bertz CT molecular complexity index is 377. The molecule has 1 aromatic rings. The van der Waals surface area contributed by atoms with Gasteiger partial charge in [0.25, 0.3) is 0 Å². The molecule has 0 spiro atoms. The highest BCUT2D eigenvalue weighted by atomic mass is 16.5. The molecule has 0 aliphatic rings. The van der Waals surface area contributed by atoms with Crippen LogP contribution in [0.3, 0.4) is 0 Å². The lowest BCUT2D eigenvalue weighted by Gasteiger charge is -2.08. The second-order valence-corrected chi connectivity index (χ2v) is 3.94. The number of methoxy groups -OCH3 is 1. The van der Waals surface area contributed by atoms with Gasteiger partial charge in [0.1, 0.15) is 0 Å². The van der Waals surface area contributed by atoms with Crippen molar-refractivity contribution in [3.05, 3.63) is 23.4 Å². The van der Waals surface area contributed by atoms with Gasteiger partial charge in [-0.05, 0) is 31.4 Å². The SMILES string of the molecule is COc1cc(CCC(C)C(=O)O)cc(C)n1. The average Bonchev–Trinajstić information content (AvgIpc) is 2.24. The van der Waals surface area contributed by atoms with E-state index in [4.69, 9.17) is 9.84 Å². The summed E-state index contributed by atoms with van der Waals surface area (Å²) < 4.78 is 5.06. The summed E-state index contributed by atoms with van der Waals surface area (Å²) in [4.78, 5) is 14.8. The third-order valence-electron chi connectivity index (χ3n) is 2.49. The average molecular weight is 223 g/mol. The van der Waals surface area contributed by atoms with Gasteiger partial charge >= 0.3 is 5.97 Å². The molecule has 0 aliphatic carbocycles. The topological polar surface area (TPSA) is 59.4 Å². The molecule has 0 amide bonds. The molecule has 0 saturated carbocycles. The van der Waals surface area contributed by atoms with Crippen molar-refractivity contribution in [3.63, 3.8) is 0 Å². The van der Waals surface area contributed by atoms with E-state index in [0.717, 1.165) is 17.7 Å². The molecule has 0 aromatic carbocycles. The maximum Gasteiger partial charge on any atom is 0.306 e. The quantitative estimate of drug-likeness (QED) is 0.830. The third-order valence-corrected chi connectivity index (χ3v) is 2.49. The number of nitrogens with zero attached hydrogens (tertiary/aromatic N) is 1. The van der Waals surface area contributed by atoms with Crippen LogP contribution in [-0.4, -0.2) is 23.2 Å². The number of carboxylic acid groups (broad SMARTS) is 1. The Kier molecular flexibility index (Phi) is 4.28. The van der Waals surface area contributed by atoms with E-state index in [2.05, 4.69) is 4.98 Å². The summed E-state index contributed by atoms with van der Waals surface area (Å²) >= 11 is 0. The van der Waals surface area contributed by atoms with Gasteiger partial charge in [0.15, 0.2) is 0 Å². The van der Waals surface area contributed by atoms with Crippen LogP contribution in [0.5, 0.6) is 5.88 Å². The number of hydrogen-bond acceptors (Lipinski definition) is 3. The Labute approximate surface area is 95.3 Å². The number of rotatable bonds is 5. The number of ether oxygens (including phenoxy) is 1. The van der Waals surface area contributed by atoms with Crippen molar-refractivity contribution in [1.29, 1.82) is 0 Å². The van der Waals surface area contributed by atoms with E-state index >= 15 is 0 Å². The summed E-state index contributed by atoms with van der Waals surface area (Å²) in [7, 11) is 1.57. The number of aliphatic carboxylic acids is 1. The number of aromatic nitrogens is 1. The molecule has 1 rings (SSSR count). The van der Waals surface area contributed by atoms with Crippen molar-refractivity contribution in [2.75, 3.05) is 7.11 Å². The Morgan fingerprint density at radius 3 is 2.81 bits per heavy atom. The summed E-state index contributed by atoms with van der Waals surface area (Å²) in [6.45, 7) is 3.61. The Morgan fingerprint density at radius 1 is 1.56 bits per heavy atom. The number of hydrogen-bond donors (Lipinski definition) is 1. The second-order valence-electron chi connectivity index (χ2n) is 3.94. The smallest absolute Gasteiger partial charge is 0.306 e. The molecular weight excluding hydrogens is 206 g/mol. The van der Waals surface area contributed by atoms with E-state index in [1.54, 1.807) is 14.0 Å². The van der Waals surface area contributed by atoms with E-state index < -0.39 is 5.97 Å². The van der Waals surface area contributed by atoms with Crippen molar-refractivity contribution >= 4 is 5.97 Å². The van der Waals surface area contributed by atoms with Gasteiger partial charge in [-0.2, -0.15) is 0 Å². The molecule has 16 heavy (non-hydrogen) atoms. The van der Waals surface area contributed by atoms with Crippen LogP contribution >= 0.6 is 0 Å². The summed E-state index contributed by atoms with van der Waals surface area (Å²) in [5.74, 6) is -0.491. The first-order chi connectivity index (χ1) is 7.52. The first-order valence-corrected chi connectivity index (χ1v) is 5.27. The van der Waals surface area contributed by atoms with Gasteiger partial charge in [0.05, 0.1) is 13.0 Å². The third kappa shape index (κ3) is 3.53. The molecule has 0 aliphatic heterocycles. The fraction of sp³-hybridized carbons (Fsp3) is 0.500. The number of carboxylic acids is 1. The summed E-state index contributed by atoms with van der Waals surface area (Å²) in [5, 5.41) is 8.78. The van der Waals surface area contributed by atoms with Crippen molar-refractivity contribution in [3.8, 4) is 5.88 Å². The Hall–Kier alpha value is -1.58. The molecule has 1 heterocycles. The summed E-state index contributed by atoms with van der Waals surface area (Å²) in [6.07, 6.45) is 1.36. The van der Waals surface area contributed by atoms with Crippen LogP contribution in [-0.2, 0) is 11.2 Å². The lowest BCUT2D eigenvalue weighted by atomic mass is 10.0. The summed E-state index contributed by atoms with van der Waals surface area (Å²) in [6, 6.07) is 3.80. The van der Waals surface area contributed by atoms with Crippen LogP contribution < -0.4 is 4.74 Å². The molecular formula is C12H17NO3. The van der Waals surface area contributed by atoms with Crippen molar-refractivity contribution in [2.45, 2.75) is 26.7 Å². The Balaban J connectivity index is 2.66. The minimum Gasteiger partial charge on any atom is -0.481 e. The van der Waals surface area contributed by atoms with E-state index in [1.807, 2.05) is 19.1 Å².